The Morgan fingerprint density at radius 1 is 0.412 bits per heavy atom. The van der Waals surface area contributed by atoms with Crippen LogP contribution in [0, 0.1) is 0 Å². The molecule has 3 aromatic rings. The van der Waals surface area contributed by atoms with Crippen LogP contribution in [0.2, 0.25) is 0 Å². The molecule has 286 valence electrons. The van der Waals surface area contributed by atoms with Gasteiger partial charge in [-0.15, -0.1) is 11.3 Å². The van der Waals surface area contributed by atoms with Crippen molar-refractivity contribution < 1.29 is 25.2 Å². The van der Waals surface area contributed by atoms with Gasteiger partial charge < -0.3 is 8.37 Å². The Hall–Kier alpha value is -2.36. The van der Waals surface area contributed by atoms with Crippen molar-refractivity contribution in [2.45, 2.75) is 178 Å². The monoisotopic (exact) mass is 760 g/mol. The molecule has 0 N–H and O–H groups in total. The van der Waals surface area contributed by atoms with Crippen molar-refractivity contribution in [3.05, 3.63) is 70.4 Å². The summed E-state index contributed by atoms with van der Waals surface area (Å²) in [5, 5.41) is 2.86. The van der Waals surface area contributed by atoms with E-state index < -0.39 is 20.2 Å². The maximum Gasteiger partial charge on any atom is 0.339 e. The molecule has 0 unspecified atom stereocenters. The van der Waals surface area contributed by atoms with Gasteiger partial charge in [-0.1, -0.05) is 167 Å². The van der Waals surface area contributed by atoms with E-state index in [1.54, 1.807) is 24.3 Å². The lowest BCUT2D eigenvalue weighted by molar-refractivity contribution is 0.451. The summed E-state index contributed by atoms with van der Waals surface area (Å²) in [4.78, 5) is 0.0240. The van der Waals surface area contributed by atoms with Crippen molar-refractivity contribution in [3.63, 3.8) is 0 Å². The van der Waals surface area contributed by atoms with Gasteiger partial charge in [0.05, 0.1) is 0 Å². The largest absolute Gasteiger partial charge is 0.374 e. The van der Waals surface area contributed by atoms with Crippen LogP contribution in [0.25, 0.3) is 0 Å². The van der Waals surface area contributed by atoms with Crippen molar-refractivity contribution in [1.82, 2.24) is 0 Å². The van der Waals surface area contributed by atoms with E-state index >= 15 is 0 Å². The van der Waals surface area contributed by atoms with Gasteiger partial charge in [-0.2, -0.15) is 16.8 Å². The maximum atomic E-state index is 13.1. The van der Waals surface area contributed by atoms with Gasteiger partial charge >= 0.3 is 20.2 Å². The Bertz CT molecular complexity index is 1540. The summed E-state index contributed by atoms with van der Waals surface area (Å²) in [6.45, 7) is 4.49. The van der Waals surface area contributed by atoms with Crippen LogP contribution in [0.15, 0.2) is 69.1 Å². The SMILES string of the molecule is CCCCCCCCCCCCCCCCc1ccc(S(=O)(=O)Oc2cscc2OS(=O)(=O)c2ccc(CCCCCCCCCC)cc2)cc1. The summed E-state index contributed by atoms with van der Waals surface area (Å²) < 4.78 is 63.1. The van der Waals surface area contributed by atoms with Crippen LogP contribution in [0.1, 0.15) is 166 Å². The fourth-order valence-electron chi connectivity index (χ4n) is 6.36. The van der Waals surface area contributed by atoms with Gasteiger partial charge in [0, 0.05) is 10.8 Å². The molecular weight excluding hydrogens is 697 g/mol. The quantitative estimate of drug-likeness (QED) is 0.0497. The van der Waals surface area contributed by atoms with Crippen molar-refractivity contribution >= 4 is 31.6 Å². The highest BCUT2D eigenvalue weighted by atomic mass is 32.2. The Morgan fingerprint density at radius 2 is 0.686 bits per heavy atom. The van der Waals surface area contributed by atoms with Crippen LogP contribution in [0.3, 0.4) is 0 Å². The van der Waals surface area contributed by atoms with Gasteiger partial charge in [0.25, 0.3) is 0 Å². The number of hydrogen-bond acceptors (Lipinski definition) is 7. The normalized spacial score (nSPS) is 12.0. The molecule has 0 bridgehead atoms. The number of thiophene rings is 1. The van der Waals surface area contributed by atoms with E-state index in [0.717, 1.165) is 48.1 Å². The smallest absolute Gasteiger partial charge is 0.339 e. The summed E-state index contributed by atoms with van der Waals surface area (Å²) in [7, 11) is -8.37. The maximum absolute atomic E-state index is 13.1. The van der Waals surface area contributed by atoms with Crippen LogP contribution >= 0.6 is 11.3 Å². The molecule has 6 nitrogen and oxygen atoms in total. The van der Waals surface area contributed by atoms with Gasteiger partial charge in [-0.25, -0.2) is 0 Å². The molecule has 2 aromatic carbocycles. The van der Waals surface area contributed by atoms with Gasteiger partial charge in [0.2, 0.25) is 0 Å². The molecule has 0 atom stereocenters. The summed E-state index contributed by atoms with van der Waals surface area (Å²) in [6.07, 6.45) is 30.2. The summed E-state index contributed by atoms with van der Waals surface area (Å²) in [6, 6.07) is 13.5. The second-order valence-electron chi connectivity index (χ2n) is 14.0. The van der Waals surface area contributed by atoms with E-state index in [0.29, 0.717) is 0 Å². The summed E-state index contributed by atoms with van der Waals surface area (Å²) in [5.41, 5.74) is 2.17. The first-order valence-corrected chi connectivity index (χ1v) is 23.6. The lowest BCUT2D eigenvalue weighted by Gasteiger charge is -2.10. The molecule has 1 heterocycles. The molecule has 0 aliphatic rings. The standard InChI is InChI=1S/C42H64O6S3/c1-3-5-7-9-11-13-14-15-16-17-18-20-22-24-26-38-29-33-40(34-30-38)51(45,46)48-42-36-49-35-41(42)47-50(43,44)39-31-27-37(28-32-39)25-23-21-19-12-10-8-6-4-2/h27-36H,3-26H2,1-2H3. The van der Waals surface area contributed by atoms with E-state index in [9.17, 15) is 16.8 Å². The topological polar surface area (TPSA) is 86.7 Å². The van der Waals surface area contributed by atoms with E-state index in [2.05, 4.69) is 13.8 Å². The van der Waals surface area contributed by atoms with Crippen LogP contribution in [0.4, 0.5) is 0 Å². The molecule has 9 heteroatoms. The minimum absolute atomic E-state index is 0.0107. The fraction of sp³-hybridized carbons (Fsp3) is 0.619. The third-order valence-corrected chi connectivity index (χ3v) is 12.8. The van der Waals surface area contributed by atoms with Crippen molar-refractivity contribution in [2.24, 2.45) is 0 Å². The van der Waals surface area contributed by atoms with E-state index in [1.807, 2.05) is 24.3 Å². The molecule has 0 aliphatic carbocycles. The highest BCUT2D eigenvalue weighted by Gasteiger charge is 2.24. The molecule has 0 saturated carbocycles. The average Bonchev–Trinajstić information content (AvgIpc) is 3.54. The molecular formula is C42H64O6S3. The van der Waals surface area contributed by atoms with Crippen molar-refractivity contribution in [2.75, 3.05) is 0 Å². The molecule has 0 spiro atoms. The molecule has 0 radical (unpaired) electrons. The van der Waals surface area contributed by atoms with E-state index in [1.165, 1.54) is 139 Å². The third-order valence-electron chi connectivity index (χ3n) is 9.55. The Balaban J connectivity index is 1.37. The third kappa shape index (κ3) is 17.3. The highest BCUT2D eigenvalue weighted by Crippen LogP contribution is 2.36. The summed E-state index contributed by atoms with van der Waals surface area (Å²) in [5.74, 6) is -0.303. The molecule has 51 heavy (non-hydrogen) atoms. The predicted octanol–water partition coefficient (Wildman–Crippen LogP) is 13.0. The zero-order chi connectivity index (χ0) is 36.6. The predicted molar refractivity (Wildman–Crippen MR) is 213 cm³/mol. The van der Waals surface area contributed by atoms with Gasteiger partial charge in [0.1, 0.15) is 9.79 Å². The first-order chi connectivity index (χ1) is 24.7. The molecule has 3 rings (SSSR count). The minimum Gasteiger partial charge on any atom is -0.374 e. The number of benzene rings is 2. The average molecular weight is 761 g/mol. The zero-order valence-corrected chi connectivity index (χ0v) is 33.9. The second kappa shape index (κ2) is 24.8. The molecule has 0 amide bonds. The van der Waals surface area contributed by atoms with Crippen LogP contribution in [-0.4, -0.2) is 16.8 Å². The fourth-order valence-corrected chi connectivity index (χ4v) is 8.99. The zero-order valence-electron chi connectivity index (χ0n) is 31.4. The number of rotatable bonds is 30. The van der Waals surface area contributed by atoms with Crippen LogP contribution < -0.4 is 8.37 Å². The molecule has 1 aromatic heterocycles. The second-order valence-corrected chi connectivity index (χ2v) is 17.9. The lowest BCUT2D eigenvalue weighted by Crippen LogP contribution is -2.13. The molecule has 0 saturated heterocycles. The molecule has 0 fully saturated rings. The van der Waals surface area contributed by atoms with Crippen LogP contribution in [0.5, 0.6) is 11.5 Å². The minimum atomic E-state index is -4.19. The number of unbranched alkanes of at least 4 members (excludes halogenated alkanes) is 20. The van der Waals surface area contributed by atoms with Crippen molar-refractivity contribution in [1.29, 1.82) is 0 Å². The Kier molecular flexibility index (Phi) is 20.9. The number of hydrogen-bond donors (Lipinski definition) is 0. The Labute approximate surface area is 315 Å². The van der Waals surface area contributed by atoms with Gasteiger partial charge in [0.15, 0.2) is 11.5 Å². The van der Waals surface area contributed by atoms with Crippen LogP contribution in [-0.2, 0) is 33.1 Å². The van der Waals surface area contributed by atoms with E-state index in [4.69, 9.17) is 8.37 Å². The molecule has 0 aliphatic heterocycles. The number of aryl methyl sites for hydroxylation is 2. The van der Waals surface area contributed by atoms with Gasteiger partial charge in [-0.3, -0.25) is 0 Å². The van der Waals surface area contributed by atoms with E-state index in [-0.39, 0.29) is 21.3 Å². The first kappa shape index (κ1) is 43.0. The lowest BCUT2D eigenvalue weighted by atomic mass is 10.0. The first-order valence-electron chi connectivity index (χ1n) is 19.9. The Morgan fingerprint density at radius 3 is 0.980 bits per heavy atom. The van der Waals surface area contributed by atoms with Crippen molar-refractivity contribution in [3.8, 4) is 11.5 Å². The summed E-state index contributed by atoms with van der Waals surface area (Å²) >= 11 is 1.11. The highest BCUT2D eigenvalue weighted by molar-refractivity contribution is 7.87. The van der Waals surface area contributed by atoms with Gasteiger partial charge in [-0.05, 0) is 61.1 Å².